The molecule has 0 radical (unpaired) electrons. The van der Waals surface area contributed by atoms with Crippen molar-refractivity contribution in [1.29, 1.82) is 0 Å². The van der Waals surface area contributed by atoms with Crippen LogP contribution in [0.2, 0.25) is 0 Å². The maximum Gasteiger partial charge on any atom is 0.780 e. The van der Waals surface area contributed by atoms with Crippen molar-refractivity contribution >= 4 is 32.1 Å². The van der Waals surface area contributed by atoms with Gasteiger partial charge in [-0.3, -0.25) is 19.2 Å². The van der Waals surface area contributed by atoms with Crippen LogP contribution in [0.1, 0.15) is 40.0 Å². The number of carbonyl (C=O) groups excluding carboxylic acids is 4. The van der Waals surface area contributed by atoms with Crippen LogP contribution in [-0.2, 0) is 37.2 Å². The monoisotopic (exact) mass is 318 g/mol. The lowest BCUT2D eigenvalue weighted by Crippen LogP contribution is -2.56. The van der Waals surface area contributed by atoms with E-state index in [0.29, 0.717) is 19.4 Å². The van der Waals surface area contributed by atoms with Gasteiger partial charge in [-0.1, -0.05) is 0 Å². The summed E-state index contributed by atoms with van der Waals surface area (Å²) in [5.74, 6) is -2.57. The molecule has 0 aromatic heterocycles. The molecule has 1 fully saturated rings. The Labute approximate surface area is 123 Å². The number of ether oxygens (including phenoxy) is 1. The van der Waals surface area contributed by atoms with Crippen molar-refractivity contribution in [2.75, 3.05) is 6.61 Å². The summed E-state index contributed by atoms with van der Waals surface area (Å²) in [5.41, 5.74) is 0. The van der Waals surface area contributed by atoms with Gasteiger partial charge in [0.1, 0.15) is 0 Å². The van der Waals surface area contributed by atoms with Crippen molar-refractivity contribution in [2.45, 2.75) is 46.1 Å². The number of epoxide rings is 1. The first-order valence-electron chi connectivity index (χ1n) is 6.49. The van der Waals surface area contributed by atoms with Crippen LogP contribution in [0.4, 0.5) is 0 Å². The van der Waals surface area contributed by atoms with E-state index in [9.17, 15) is 19.2 Å². The first-order valence-corrected chi connectivity index (χ1v) is 8.21. The van der Waals surface area contributed by atoms with Gasteiger partial charge in [-0.15, -0.1) is 0 Å². The fourth-order valence-electron chi connectivity index (χ4n) is 1.68. The van der Waals surface area contributed by atoms with Crippen molar-refractivity contribution in [3.63, 3.8) is 0 Å². The molecule has 0 aromatic rings. The summed E-state index contributed by atoms with van der Waals surface area (Å²) in [7, 11) is -4.37. The second-order valence-electron chi connectivity index (χ2n) is 4.61. The predicted molar refractivity (Wildman–Crippen MR) is 69.7 cm³/mol. The molecule has 1 rings (SSSR count). The predicted octanol–water partition coefficient (Wildman–Crippen LogP) is 0.292. The summed E-state index contributed by atoms with van der Waals surface area (Å²) in [5, 5.41) is -0.677. The second kappa shape index (κ2) is 7.32. The average molecular weight is 318 g/mol. The summed E-state index contributed by atoms with van der Waals surface area (Å²) >= 11 is 0. The molecule has 118 valence electrons. The molecule has 0 N–H and O–H groups in total. The van der Waals surface area contributed by atoms with Crippen LogP contribution in [0, 0.1) is 0 Å². The average Bonchev–Trinajstić information content (AvgIpc) is 3.09. The summed E-state index contributed by atoms with van der Waals surface area (Å²) < 4.78 is 19.5. The van der Waals surface area contributed by atoms with Gasteiger partial charge in [-0.05, 0) is 12.8 Å². The standard InChI is InChI=1S/C12H18O8Si/c1-8(13)18-21(19-9(2)14,20-10(3)15)12(16)6-4-5-11-7-17-11/h11H,4-7H2,1-3H3. The highest BCUT2D eigenvalue weighted by atomic mass is 28.4. The summed E-state index contributed by atoms with van der Waals surface area (Å²) in [6, 6.07) is 0. The van der Waals surface area contributed by atoms with Gasteiger partial charge >= 0.3 is 8.80 Å². The SMILES string of the molecule is CC(=O)O[Si](OC(C)=O)(OC(C)=O)C(=O)CCCC1CO1. The van der Waals surface area contributed by atoms with E-state index in [1.807, 2.05) is 0 Å². The van der Waals surface area contributed by atoms with Crippen LogP contribution in [0.3, 0.4) is 0 Å². The minimum absolute atomic E-state index is 0.0279. The Morgan fingerprint density at radius 2 is 1.43 bits per heavy atom. The molecule has 1 unspecified atom stereocenters. The molecule has 0 spiro atoms. The number of rotatable bonds is 8. The van der Waals surface area contributed by atoms with E-state index in [0.717, 1.165) is 20.8 Å². The van der Waals surface area contributed by atoms with Gasteiger partial charge < -0.3 is 18.0 Å². The molecule has 0 amide bonds. The molecule has 0 bridgehead atoms. The Bertz CT molecular complexity index is 402. The zero-order chi connectivity index (χ0) is 16.0. The molecule has 1 aliphatic heterocycles. The zero-order valence-corrected chi connectivity index (χ0v) is 13.2. The normalized spacial score (nSPS) is 16.8. The maximum atomic E-state index is 12.3. The molecule has 9 heteroatoms. The molecule has 0 aliphatic carbocycles. The van der Waals surface area contributed by atoms with Crippen LogP contribution in [-0.4, -0.2) is 44.8 Å². The fraction of sp³-hybridized carbons (Fsp3) is 0.667. The lowest BCUT2D eigenvalue weighted by molar-refractivity contribution is -0.151. The molecule has 8 nitrogen and oxygen atoms in total. The van der Waals surface area contributed by atoms with Gasteiger partial charge in [0.05, 0.1) is 12.7 Å². The van der Waals surface area contributed by atoms with Crippen molar-refractivity contribution < 1.29 is 37.2 Å². The smallest absolute Gasteiger partial charge is 0.450 e. The molecule has 21 heavy (non-hydrogen) atoms. The highest BCUT2D eigenvalue weighted by molar-refractivity contribution is 6.94. The molecule has 1 saturated heterocycles. The third kappa shape index (κ3) is 6.04. The quantitative estimate of drug-likeness (QED) is 0.464. The molecule has 1 atom stereocenters. The third-order valence-electron chi connectivity index (χ3n) is 2.51. The van der Waals surface area contributed by atoms with E-state index in [-0.39, 0.29) is 12.5 Å². The first-order chi connectivity index (χ1) is 9.75. The second-order valence-corrected chi connectivity index (χ2v) is 6.89. The van der Waals surface area contributed by atoms with Gasteiger partial charge in [0.25, 0.3) is 17.9 Å². The van der Waals surface area contributed by atoms with E-state index in [1.54, 1.807) is 0 Å². The van der Waals surface area contributed by atoms with Crippen LogP contribution in [0.5, 0.6) is 0 Å². The molecule has 0 aromatic carbocycles. The van der Waals surface area contributed by atoms with Gasteiger partial charge in [-0.25, -0.2) is 0 Å². The molecular formula is C12H18O8Si. The topological polar surface area (TPSA) is 108 Å². The summed E-state index contributed by atoms with van der Waals surface area (Å²) in [6.07, 6.45) is 1.24. The Hall–Kier alpha value is -1.74. The maximum absolute atomic E-state index is 12.3. The Balaban J connectivity index is 2.81. The van der Waals surface area contributed by atoms with Crippen LogP contribution in [0.15, 0.2) is 0 Å². The van der Waals surface area contributed by atoms with Crippen molar-refractivity contribution in [1.82, 2.24) is 0 Å². The highest BCUT2D eigenvalue weighted by Gasteiger charge is 2.60. The lowest BCUT2D eigenvalue weighted by atomic mass is 10.2. The minimum Gasteiger partial charge on any atom is -0.450 e. The van der Waals surface area contributed by atoms with Gasteiger partial charge in [0.15, 0.2) is 0 Å². The minimum atomic E-state index is -4.37. The van der Waals surface area contributed by atoms with E-state index in [4.69, 9.17) is 18.0 Å². The molecule has 0 saturated carbocycles. The van der Waals surface area contributed by atoms with Crippen LogP contribution < -0.4 is 0 Å². The summed E-state index contributed by atoms with van der Waals surface area (Å²) in [4.78, 5) is 45.8. The van der Waals surface area contributed by atoms with Gasteiger partial charge in [-0.2, -0.15) is 0 Å². The van der Waals surface area contributed by atoms with E-state index < -0.39 is 32.1 Å². The van der Waals surface area contributed by atoms with Gasteiger partial charge in [0, 0.05) is 27.2 Å². The third-order valence-corrected chi connectivity index (χ3v) is 5.11. The Kier molecular flexibility index (Phi) is 6.03. The lowest BCUT2D eigenvalue weighted by Gasteiger charge is -2.24. The Morgan fingerprint density at radius 1 is 1.00 bits per heavy atom. The van der Waals surface area contributed by atoms with Crippen molar-refractivity contribution in [3.8, 4) is 0 Å². The van der Waals surface area contributed by atoms with Crippen molar-refractivity contribution in [2.24, 2.45) is 0 Å². The highest BCUT2D eigenvalue weighted by Crippen LogP contribution is 2.20. The van der Waals surface area contributed by atoms with E-state index in [1.165, 1.54) is 0 Å². The van der Waals surface area contributed by atoms with Gasteiger partial charge in [0.2, 0.25) is 5.41 Å². The van der Waals surface area contributed by atoms with E-state index in [2.05, 4.69) is 0 Å². The largest absolute Gasteiger partial charge is 0.780 e. The van der Waals surface area contributed by atoms with E-state index >= 15 is 0 Å². The number of hydrogen-bond donors (Lipinski definition) is 0. The number of hydrogen-bond acceptors (Lipinski definition) is 8. The van der Waals surface area contributed by atoms with Crippen LogP contribution in [0.25, 0.3) is 0 Å². The molecule has 1 aliphatic rings. The molecule has 1 heterocycles. The molecular weight excluding hydrogens is 300 g/mol. The zero-order valence-electron chi connectivity index (χ0n) is 12.2. The van der Waals surface area contributed by atoms with Crippen LogP contribution >= 0.6 is 0 Å². The first kappa shape index (κ1) is 17.3. The Morgan fingerprint density at radius 3 is 1.76 bits per heavy atom. The van der Waals surface area contributed by atoms with Crippen molar-refractivity contribution in [3.05, 3.63) is 0 Å². The fourth-order valence-corrected chi connectivity index (χ4v) is 3.76. The number of carbonyl (C=O) groups is 4. The summed E-state index contributed by atoms with van der Waals surface area (Å²) in [6.45, 7) is 3.79.